The SMILES string of the molecule is NCC1(C(=O)N2CCN(Cc3cccc(Cl)c3)C(=O)C2)CCOCC1. The molecule has 2 N–H and O–H groups in total. The molecule has 0 aromatic heterocycles. The zero-order valence-electron chi connectivity index (χ0n) is 14.2. The lowest BCUT2D eigenvalue weighted by atomic mass is 9.78. The van der Waals surface area contributed by atoms with Crippen molar-refractivity contribution in [3.63, 3.8) is 0 Å². The van der Waals surface area contributed by atoms with Gasteiger partial charge in [0.2, 0.25) is 11.8 Å². The van der Waals surface area contributed by atoms with Gasteiger partial charge in [0.25, 0.3) is 0 Å². The maximum absolute atomic E-state index is 13.0. The van der Waals surface area contributed by atoms with Crippen molar-refractivity contribution in [1.29, 1.82) is 0 Å². The third-order valence-electron chi connectivity index (χ3n) is 5.16. The molecular weight excluding hydrogens is 342 g/mol. The number of halogens is 1. The summed E-state index contributed by atoms with van der Waals surface area (Å²) < 4.78 is 5.37. The van der Waals surface area contributed by atoms with Crippen LogP contribution in [0.3, 0.4) is 0 Å². The molecule has 2 fully saturated rings. The van der Waals surface area contributed by atoms with Crippen molar-refractivity contribution in [3.05, 3.63) is 34.9 Å². The molecule has 0 radical (unpaired) electrons. The highest BCUT2D eigenvalue weighted by Crippen LogP contribution is 2.32. The average Bonchev–Trinajstić information content (AvgIpc) is 2.63. The molecule has 0 unspecified atom stereocenters. The van der Waals surface area contributed by atoms with Gasteiger partial charge in [0.15, 0.2) is 0 Å². The van der Waals surface area contributed by atoms with Crippen LogP contribution in [0.2, 0.25) is 5.02 Å². The summed E-state index contributed by atoms with van der Waals surface area (Å²) in [7, 11) is 0. The van der Waals surface area contributed by atoms with Gasteiger partial charge in [-0.25, -0.2) is 0 Å². The molecule has 0 bridgehead atoms. The van der Waals surface area contributed by atoms with Crippen LogP contribution in [0, 0.1) is 5.41 Å². The molecule has 1 aromatic carbocycles. The number of nitrogens with zero attached hydrogens (tertiary/aromatic N) is 2. The molecule has 2 saturated heterocycles. The third kappa shape index (κ3) is 3.97. The quantitative estimate of drug-likeness (QED) is 0.871. The molecule has 7 heteroatoms. The van der Waals surface area contributed by atoms with Crippen molar-refractivity contribution < 1.29 is 14.3 Å². The van der Waals surface area contributed by atoms with Crippen LogP contribution in [-0.2, 0) is 20.9 Å². The first-order valence-electron chi connectivity index (χ1n) is 8.63. The number of piperazine rings is 1. The van der Waals surface area contributed by atoms with E-state index in [1.54, 1.807) is 9.80 Å². The number of rotatable bonds is 4. The summed E-state index contributed by atoms with van der Waals surface area (Å²) in [5.41, 5.74) is 6.33. The van der Waals surface area contributed by atoms with E-state index in [4.69, 9.17) is 22.1 Å². The van der Waals surface area contributed by atoms with E-state index in [1.165, 1.54) is 0 Å². The van der Waals surface area contributed by atoms with Gasteiger partial charge in [0.1, 0.15) is 0 Å². The van der Waals surface area contributed by atoms with Crippen LogP contribution >= 0.6 is 11.6 Å². The predicted molar refractivity (Wildman–Crippen MR) is 95.0 cm³/mol. The van der Waals surface area contributed by atoms with E-state index in [9.17, 15) is 9.59 Å². The Morgan fingerprint density at radius 1 is 1.28 bits per heavy atom. The van der Waals surface area contributed by atoms with Gasteiger partial charge in [-0.2, -0.15) is 0 Å². The topological polar surface area (TPSA) is 75.9 Å². The summed E-state index contributed by atoms with van der Waals surface area (Å²) in [6.45, 7) is 3.07. The fraction of sp³-hybridized carbons (Fsp3) is 0.556. The van der Waals surface area contributed by atoms with Gasteiger partial charge in [-0.15, -0.1) is 0 Å². The van der Waals surface area contributed by atoms with Gasteiger partial charge >= 0.3 is 0 Å². The maximum Gasteiger partial charge on any atom is 0.242 e. The van der Waals surface area contributed by atoms with Gasteiger partial charge in [-0.1, -0.05) is 23.7 Å². The second kappa shape index (κ2) is 7.72. The molecular formula is C18H24ClN3O3. The monoisotopic (exact) mass is 365 g/mol. The Bertz CT molecular complexity index is 646. The van der Waals surface area contributed by atoms with Crippen LogP contribution in [0.25, 0.3) is 0 Å². The minimum absolute atomic E-state index is 0.00550. The van der Waals surface area contributed by atoms with Crippen LogP contribution < -0.4 is 5.73 Å². The lowest BCUT2D eigenvalue weighted by molar-refractivity contribution is -0.155. The van der Waals surface area contributed by atoms with Crippen LogP contribution in [0.4, 0.5) is 0 Å². The smallest absolute Gasteiger partial charge is 0.242 e. The Kier molecular flexibility index (Phi) is 5.61. The largest absolute Gasteiger partial charge is 0.381 e. The van der Waals surface area contributed by atoms with Crippen molar-refractivity contribution in [3.8, 4) is 0 Å². The van der Waals surface area contributed by atoms with E-state index >= 15 is 0 Å². The van der Waals surface area contributed by atoms with E-state index in [2.05, 4.69) is 0 Å². The Morgan fingerprint density at radius 3 is 2.68 bits per heavy atom. The second-order valence-electron chi connectivity index (χ2n) is 6.77. The Hall–Kier alpha value is -1.63. The molecule has 25 heavy (non-hydrogen) atoms. The Labute approximate surface area is 152 Å². The number of carbonyl (C=O) groups is 2. The number of ether oxygens (including phenoxy) is 1. The van der Waals surface area contributed by atoms with E-state index in [-0.39, 0.29) is 18.4 Å². The molecule has 2 aliphatic heterocycles. The lowest BCUT2D eigenvalue weighted by Crippen LogP contribution is -2.57. The molecule has 0 spiro atoms. The summed E-state index contributed by atoms with van der Waals surface area (Å²) in [4.78, 5) is 28.9. The van der Waals surface area contributed by atoms with E-state index in [0.29, 0.717) is 57.3 Å². The first-order chi connectivity index (χ1) is 12.0. The molecule has 0 saturated carbocycles. The Morgan fingerprint density at radius 2 is 2.04 bits per heavy atom. The third-order valence-corrected chi connectivity index (χ3v) is 5.40. The van der Waals surface area contributed by atoms with Gasteiger partial charge in [0.05, 0.1) is 12.0 Å². The summed E-state index contributed by atoms with van der Waals surface area (Å²) in [6.07, 6.45) is 1.25. The minimum atomic E-state index is -0.576. The molecule has 2 aliphatic rings. The van der Waals surface area contributed by atoms with Crippen LogP contribution in [0.5, 0.6) is 0 Å². The molecule has 1 aromatic rings. The number of hydrogen-bond acceptors (Lipinski definition) is 4. The fourth-order valence-corrected chi connectivity index (χ4v) is 3.72. The van der Waals surface area contributed by atoms with Gasteiger partial charge in [0, 0.05) is 44.4 Å². The lowest BCUT2D eigenvalue weighted by Gasteiger charge is -2.42. The number of hydrogen-bond donors (Lipinski definition) is 1. The normalized spacial score (nSPS) is 20.6. The van der Waals surface area contributed by atoms with Crippen molar-refractivity contribution in [1.82, 2.24) is 9.80 Å². The first-order valence-corrected chi connectivity index (χ1v) is 9.01. The van der Waals surface area contributed by atoms with E-state index in [0.717, 1.165) is 5.56 Å². The molecule has 136 valence electrons. The van der Waals surface area contributed by atoms with E-state index in [1.807, 2.05) is 24.3 Å². The standard InChI is InChI=1S/C18H24ClN3O3/c19-15-3-1-2-14(10-15)11-21-6-7-22(12-16(21)23)17(24)18(13-20)4-8-25-9-5-18/h1-3,10H,4-9,11-13,20H2. The molecule has 0 aliphatic carbocycles. The molecule has 0 atom stereocenters. The predicted octanol–water partition coefficient (Wildman–Crippen LogP) is 1.27. The highest BCUT2D eigenvalue weighted by Gasteiger charge is 2.43. The molecule has 3 rings (SSSR count). The van der Waals surface area contributed by atoms with Crippen LogP contribution in [0.1, 0.15) is 18.4 Å². The van der Waals surface area contributed by atoms with Gasteiger partial charge < -0.3 is 20.3 Å². The highest BCUT2D eigenvalue weighted by molar-refractivity contribution is 6.30. The van der Waals surface area contributed by atoms with Gasteiger partial charge in [-0.05, 0) is 30.5 Å². The number of carbonyl (C=O) groups excluding carboxylic acids is 2. The summed E-state index contributed by atoms with van der Waals surface area (Å²) >= 11 is 6.00. The molecule has 6 nitrogen and oxygen atoms in total. The Balaban J connectivity index is 1.63. The summed E-state index contributed by atoms with van der Waals surface area (Å²) in [5, 5.41) is 0.656. The average molecular weight is 366 g/mol. The highest BCUT2D eigenvalue weighted by atomic mass is 35.5. The first kappa shape index (κ1) is 18.2. The second-order valence-corrected chi connectivity index (χ2v) is 7.21. The zero-order chi connectivity index (χ0) is 17.9. The number of benzene rings is 1. The zero-order valence-corrected chi connectivity index (χ0v) is 15.0. The molecule has 2 heterocycles. The van der Waals surface area contributed by atoms with E-state index < -0.39 is 5.41 Å². The van der Waals surface area contributed by atoms with Crippen molar-refractivity contribution in [2.75, 3.05) is 39.4 Å². The fourth-order valence-electron chi connectivity index (χ4n) is 3.51. The van der Waals surface area contributed by atoms with Crippen molar-refractivity contribution in [2.24, 2.45) is 11.1 Å². The van der Waals surface area contributed by atoms with Crippen LogP contribution in [-0.4, -0.2) is 61.0 Å². The minimum Gasteiger partial charge on any atom is -0.381 e. The molecule has 2 amide bonds. The number of nitrogens with two attached hydrogens (primary N) is 1. The summed E-state index contributed by atoms with van der Waals surface area (Å²) in [6, 6.07) is 7.49. The summed E-state index contributed by atoms with van der Waals surface area (Å²) in [5.74, 6) is -0.0483. The van der Waals surface area contributed by atoms with Crippen molar-refractivity contribution >= 4 is 23.4 Å². The maximum atomic E-state index is 13.0. The van der Waals surface area contributed by atoms with Crippen LogP contribution in [0.15, 0.2) is 24.3 Å². The van der Waals surface area contributed by atoms with Crippen molar-refractivity contribution in [2.45, 2.75) is 19.4 Å². The number of amides is 2. The van der Waals surface area contributed by atoms with Gasteiger partial charge in [-0.3, -0.25) is 9.59 Å².